The summed E-state index contributed by atoms with van der Waals surface area (Å²) in [7, 11) is 0. The molecule has 0 saturated carbocycles. The van der Waals surface area contributed by atoms with Gasteiger partial charge < -0.3 is 24.6 Å². The highest BCUT2D eigenvalue weighted by Crippen LogP contribution is 2.39. The van der Waals surface area contributed by atoms with Crippen LogP contribution in [0.15, 0.2) is 48.5 Å². The second-order valence-corrected chi connectivity index (χ2v) is 13.5. The first-order valence-electron chi connectivity index (χ1n) is 16.8. The van der Waals surface area contributed by atoms with E-state index >= 15 is 0 Å². The second-order valence-electron chi connectivity index (χ2n) is 13.5. The van der Waals surface area contributed by atoms with Gasteiger partial charge in [-0.05, 0) is 69.7 Å². The van der Waals surface area contributed by atoms with E-state index < -0.39 is 11.9 Å². The average Bonchev–Trinajstić information content (AvgIpc) is 3.53. The molecule has 0 aromatic heterocycles. The van der Waals surface area contributed by atoms with Gasteiger partial charge in [-0.2, -0.15) is 0 Å². The lowest BCUT2D eigenvalue weighted by Crippen LogP contribution is -2.45. The van der Waals surface area contributed by atoms with Gasteiger partial charge in [0, 0.05) is 37.9 Å². The monoisotopic (exact) mass is 653 g/mol. The van der Waals surface area contributed by atoms with E-state index in [1.54, 1.807) is 5.48 Å². The molecular weight excluding hydrogens is 602 g/mol. The fraction of sp³-hybridized carbons (Fsp3) is 0.583. The number of nitrogens with one attached hydrogen (secondary N) is 2. The fourth-order valence-corrected chi connectivity index (χ4v) is 6.04. The van der Waals surface area contributed by atoms with Gasteiger partial charge in [0.15, 0.2) is 6.29 Å². The number of carbonyl (C=O) groups excluding carboxylic acids is 3. The molecule has 4 rings (SSSR count). The average molecular weight is 654 g/mol. The molecule has 2 fully saturated rings. The molecule has 2 saturated heterocycles. The number of hydroxylamine groups is 1. The van der Waals surface area contributed by atoms with Crippen LogP contribution in [0, 0.1) is 0 Å². The van der Waals surface area contributed by atoms with Gasteiger partial charge in [-0.25, -0.2) is 5.48 Å². The third-order valence-corrected chi connectivity index (χ3v) is 8.52. The molecule has 11 heteroatoms. The number of aliphatic hydroxyl groups excluding tert-OH is 1. The van der Waals surface area contributed by atoms with Crippen molar-refractivity contribution in [1.29, 1.82) is 0 Å². The van der Waals surface area contributed by atoms with Gasteiger partial charge in [0.25, 0.3) is 0 Å². The molecule has 11 nitrogen and oxygen atoms in total. The molecule has 4 N–H and O–H groups in total. The van der Waals surface area contributed by atoms with Crippen molar-refractivity contribution in [3.63, 3.8) is 0 Å². The standard InChI is InChI=1S/C36H51N3O8/c1-36(2,3)47-34(43)30-9-8-20-39(30)23-29-21-31(27-16-14-26(24-40)15-17-27)46-35(45-29)28-18-12-25(13-19-28)22-37-32(41)10-6-4-5-7-11-33(42)38-44/h12-19,29-31,35,40,44H,4-11,20-24H2,1-3H3,(H,37,41)(H,38,42)/t29-,30-,31+,35+/m0/s1. The summed E-state index contributed by atoms with van der Waals surface area (Å²) in [5.41, 5.74) is 4.73. The zero-order chi connectivity index (χ0) is 33.8. The number of unbranched alkanes of at least 4 members (excludes halogenated alkanes) is 3. The number of hydrogen-bond acceptors (Lipinski definition) is 9. The first-order chi connectivity index (χ1) is 22.5. The molecule has 2 aliphatic heterocycles. The quantitative estimate of drug-likeness (QED) is 0.0904. The Bertz CT molecular complexity index is 1290. The number of carbonyl (C=O) groups is 3. The largest absolute Gasteiger partial charge is 0.459 e. The molecule has 2 aliphatic rings. The number of amides is 2. The van der Waals surface area contributed by atoms with E-state index in [0.717, 1.165) is 60.9 Å². The Morgan fingerprint density at radius 2 is 1.53 bits per heavy atom. The van der Waals surface area contributed by atoms with Crippen molar-refractivity contribution in [2.45, 2.75) is 122 Å². The van der Waals surface area contributed by atoms with Crippen LogP contribution in [0.25, 0.3) is 0 Å². The first kappa shape index (κ1) is 36.5. The summed E-state index contributed by atoms with van der Waals surface area (Å²) in [5.74, 6) is -0.605. The summed E-state index contributed by atoms with van der Waals surface area (Å²) in [4.78, 5) is 38.6. The number of benzene rings is 2. The van der Waals surface area contributed by atoms with Gasteiger partial charge >= 0.3 is 5.97 Å². The Balaban J connectivity index is 1.35. The van der Waals surface area contributed by atoms with E-state index in [-0.39, 0.29) is 49.1 Å². The Hall–Kier alpha value is -3.35. The normalized spacial score (nSPS) is 21.7. The van der Waals surface area contributed by atoms with Crippen LogP contribution in [0.5, 0.6) is 0 Å². The van der Waals surface area contributed by atoms with Crippen molar-refractivity contribution in [3.8, 4) is 0 Å². The molecule has 0 unspecified atom stereocenters. The topological polar surface area (TPSA) is 147 Å². The molecule has 4 atom stereocenters. The minimum atomic E-state index is -0.619. The van der Waals surface area contributed by atoms with E-state index in [2.05, 4.69) is 10.2 Å². The number of hydrogen-bond donors (Lipinski definition) is 4. The Morgan fingerprint density at radius 1 is 0.894 bits per heavy atom. The Morgan fingerprint density at radius 3 is 2.17 bits per heavy atom. The smallest absolute Gasteiger partial charge is 0.323 e. The summed E-state index contributed by atoms with van der Waals surface area (Å²) >= 11 is 0. The minimum Gasteiger partial charge on any atom is -0.459 e. The first-order valence-corrected chi connectivity index (χ1v) is 16.8. The lowest BCUT2D eigenvalue weighted by molar-refractivity contribution is -0.253. The third kappa shape index (κ3) is 11.7. The van der Waals surface area contributed by atoms with E-state index in [1.165, 1.54) is 0 Å². The Labute approximate surface area is 277 Å². The molecule has 0 radical (unpaired) electrons. The van der Waals surface area contributed by atoms with Crippen LogP contribution < -0.4 is 10.8 Å². The molecule has 2 aromatic rings. The van der Waals surface area contributed by atoms with E-state index in [4.69, 9.17) is 19.4 Å². The minimum absolute atomic E-state index is 0.0226. The summed E-state index contributed by atoms with van der Waals surface area (Å²) in [6.07, 6.45) is 5.04. The second kappa shape index (κ2) is 17.7. The van der Waals surface area contributed by atoms with Crippen LogP contribution in [-0.2, 0) is 41.7 Å². The third-order valence-electron chi connectivity index (χ3n) is 8.52. The maximum atomic E-state index is 13.0. The molecule has 0 bridgehead atoms. The number of esters is 1. The van der Waals surface area contributed by atoms with E-state index in [9.17, 15) is 19.5 Å². The van der Waals surface area contributed by atoms with Crippen LogP contribution in [0.1, 0.15) is 113 Å². The van der Waals surface area contributed by atoms with Gasteiger partial charge in [-0.1, -0.05) is 61.4 Å². The molecule has 258 valence electrons. The molecule has 2 aromatic carbocycles. The molecular formula is C36H51N3O8. The predicted octanol–water partition coefficient (Wildman–Crippen LogP) is 4.99. The van der Waals surface area contributed by atoms with Crippen molar-refractivity contribution < 1.29 is 38.9 Å². The molecule has 2 amide bonds. The SMILES string of the molecule is CC(C)(C)OC(=O)[C@@H]1CCCN1C[C@@H]1C[C@H](c2ccc(CO)cc2)O[C@H](c2ccc(CNC(=O)CCCCCCC(=O)NO)cc2)O1. The number of rotatable bonds is 15. The van der Waals surface area contributed by atoms with Crippen LogP contribution >= 0.6 is 0 Å². The van der Waals surface area contributed by atoms with Gasteiger partial charge in [-0.15, -0.1) is 0 Å². The van der Waals surface area contributed by atoms with Crippen molar-refractivity contribution in [3.05, 3.63) is 70.8 Å². The Kier molecular flexibility index (Phi) is 13.7. The number of aliphatic hydroxyl groups is 1. The molecule has 2 heterocycles. The number of nitrogens with zero attached hydrogens (tertiary/aromatic N) is 1. The number of ether oxygens (including phenoxy) is 3. The summed E-state index contributed by atoms with van der Waals surface area (Å²) in [6.45, 7) is 7.42. The van der Waals surface area contributed by atoms with Crippen LogP contribution in [0.2, 0.25) is 0 Å². The molecule has 47 heavy (non-hydrogen) atoms. The van der Waals surface area contributed by atoms with E-state index in [1.807, 2.05) is 69.3 Å². The summed E-state index contributed by atoms with van der Waals surface area (Å²) < 4.78 is 18.7. The van der Waals surface area contributed by atoms with Crippen LogP contribution in [0.3, 0.4) is 0 Å². The van der Waals surface area contributed by atoms with Crippen LogP contribution in [-0.4, -0.2) is 63.8 Å². The van der Waals surface area contributed by atoms with Crippen molar-refractivity contribution >= 4 is 17.8 Å². The van der Waals surface area contributed by atoms with Gasteiger partial charge in [0.1, 0.15) is 11.6 Å². The van der Waals surface area contributed by atoms with Gasteiger partial charge in [0.05, 0.1) is 18.8 Å². The lowest BCUT2D eigenvalue weighted by atomic mass is 9.99. The lowest BCUT2D eigenvalue weighted by Gasteiger charge is -2.38. The maximum Gasteiger partial charge on any atom is 0.323 e. The van der Waals surface area contributed by atoms with Gasteiger partial charge in [-0.3, -0.25) is 24.5 Å². The van der Waals surface area contributed by atoms with Crippen molar-refractivity contribution in [2.75, 3.05) is 13.1 Å². The van der Waals surface area contributed by atoms with Crippen LogP contribution in [0.4, 0.5) is 0 Å². The summed E-state index contributed by atoms with van der Waals surface area (Å²) in [6, 6.07) is 15.3. The zero-order valence-corrected chi connectivity index (χ0v) is 27.9. The van der Waals surface area contributed by atoms with Crippen molar-refractivity contribution in [2.24, 2.45) is 0 Å². The zero-order valence-electron chi connectivity index (χ0n) is 27.9. The number of likely N-dealkylation sites (tertiary alicyclic amines) is 1. The molecule has 0 spiro atoms. The van der Waals surface area contributed by atoms with E-state index in [0.29, 0.717) is 32.4 Å². The van der Waals surface area contributed by atoms with Crippen molar-refractivity contribution in [1.82, 2.24) is 15.7 Å². The molecule has 0 aliphatic carbocycles. The fourth-order valence-electron chi connectivity index (χ4n) is 6.04. The highest BCUT2D eigenvalue weighted by Gasteiger charge is 2.38. The predicted molar refractivity (Wildman–Crippen MR) is 175 cm³/mol. The van der Waals surface area contributed by atoms with Gasteiger partial charge in [0.2, 0.25) is 11.8 Å². The maximum absolute atomic E-state index is 13.0. The summed E-state index contributed by atoms with van der Waals surface area (Å²) in [5, 5.41) is 21.0. The highest BCUT2D eigenvalue weighted by atomic mass is 16.7. The highest BCUT2D eigenvalue weighted by molar-refractivity contribution is 5.76.